The zero-order valence-electron chi connectivity index (χ0n) is 16.8. The van der Waals surface area contributed by atoms with Gasteiger partial charge in [0.05, 0.1) is 29.9 Å². The van der Waals surface area contributed by atoms with Crippen LogP contribution < -0.4 is 4.74 Å². The second-order valence-electron chi connectivity index (χ2n) is 7.56. The molecule has 0 saturated heterocycles. The monoisotopic (exact) mass is 428 g/mol. The van der Waals surface area contributed by atoms with Crippen LogP contribution in [0.3, 0.4) is 0 Å². The summed E-state index contributed by atoms with van der Waals surface area (Å²) in [5.41, 5.74) is -2.83. The molecule has 2 aromatic rings. The average molecular weight is 428 g/mol. The van der Waals surface area contributed by atoms with Crippen LogP contribution in [-0.4, -0.2) is 64.2 Å². The molecule has 0 heterocycles. The largest absolute Gasteiger partial charge is 0.507 e. The van der Waals surface area contributed by atoms with Gasteiger partial charge in [0.2, 0.25) is 5.78 Å². The van der Waals surface area contributed by atoms with Crippen molar-refractivity contribution in [2.75, 3.05) is 20.8 Å². The van der Waals surface area contributed by atoms with Crippen molar-refractivity contribution in [1.29, 1.82) is 0 Å². The van der Waals surface area contributed by atoms with Gasteiger partial charge in [0.15, 0.2) is 11.6 Å². The summed E-state index contributed by atoms with van der Waals surface area (Å²) < 4.78 is 10.5. The third-order valence-electron chi connectivity index (χ3n) is 6.12. The number of phenolic OH excluding ortho intramolecular Hbond substituents is 2. The second-order valence-corrected chi connectivity index (χ2v) is 7.56. The normalized spacial score (nSPS) is 21.9. The molecule has 0 unspecified atom stereocenters. The molecule has 0 saturated carbocycles. The Kier molecular flexibility index (Phi) is 4.84. The highest BCUT2D eigenvalue weighted by atomic mass is 16.5. The molecular weight excluding hydrogens is 408 g/mol. The van der Waals surface area contributed by atoms with E-state index in [-0.39, 0.29) is 40.8 Å². The van der Waals surface area contributed by atoms with Gasteiger partial charge in [-0.15, -0.1) is 0 Å². The van der Waals surface area contributed by atoms with Crippen molar-refractivity contribution < 1.29 is 44.3 Å². The van der Waals surface area contributed by atoms with Crippen molar-refractivity contribution in [2.24, 2.45) is 0 Å². The van der Waals surface area contributed by atoms with Crippen LogP contribution in [0.4, 0.5) is 0 Å². The van der Waals surface area contributed by atoms with E-state index in [0.717, 1.165) is 0 Å². The zero-order valence-corrected chi connectivity index (χ0v) is 16.8. The maximum atomic E-state index is 13.2. The van der Waals surface area contributed by atoms with E-state index in [2.05, 4.69) is 0 Å². The Hall–Kier alpha value is -3.27. The number of phenols is 2. The number of ether oxygens (including phenoxy) is 2. The first-order valence-electron chi connectivity index (χ1n) is 9.46. The standard InChI is InChI=1S/C22H20O9/c1-30-12-5-3-4-9-15(12)21(29)17-16(18(9)26)19(27)10-6-22(31-2,13(25)8-23)7-11(24)14(10)20(17)28/h3-5,11,23-24,27-28H,6-8H2,1-2H3/t11-,22-/m0/s1. The minimum atomic E-state index is -1.66. The highest BCUT2D eigenvalue weighted by Gasteiger charge is 2.49. The molecule has 2 atom stereocenters. The summed E-state index contributed by atoms with van der Waals surface area (Å²) in [5.74, 6) is -3.32. The number of benzene rings is 2. The van der Waals surface area contributed by atoms with Crippen molar-refractivity contribution >= 4 is 17.3 Å². The molecule has 0 amide bonds. The van der Waals surface area contributed by atoms with Crippen LogP contribution in [0.25, 0.3) is 0 Å². The number of aliphatic hydroxyl groups is 2. The number of methoxy groups -OCH3 is 2. The molecule has 0 radical (unpaired) electrons. The summed E-state index contributed by atoms with van der Waals surface area (Å²) in [4.78, 5) is 38.8. The van der Waals surface area contributed by atoms with E-state index in [9.17, 15) is 34.8 Å². The van der Waals surface area contributed by atoms with Crippen LogP contribution in [0.15, 0.2) is 18.2 Å². The van der Waals surface area contributed by atoms with E-state index in [1.54, 1.807) is 0 Å². The van der Waals surface area contributed by atoms with E-state index < -0.39 is 58.3 Å². The van der Waals surface area contributed by atoms with Gasteiger partial charge in [-0.1, -0.05) is 12.1 Å². The lowest BCUT2D eigenvalue weighted by Crippen LogP contribution is -2.48. The summed E-state index contributed by atoms with van der Waals surface area (Å²) in [7, 11) is 2.55. The van der Waals surface area contributed by atoms with Crippen molar-refractivity contribution in [3.8, 4) is 17.2 Å². The van der Waals surface area contributed by atoms with E-state index in [0.29, 0.717) is 0 Å². The smallest absolute Gasteiger partial charge is 0.202 e. The number of aliphatic hydroxyl groups excluding tert-OH is 2. The van der Waals surface area contributed by atoms with Crippen LogP contribution in [0, 0.1) is 0 Å². The molecule has 4 rings (SSSR count). The lowest BCUT2D eigenvalue weighted by Gasteiger charge is -2.39. The molecule has 0 aliphatic heterocycles. The first-order valence-corrected chi connectivity index (χ1v) is 9.46. The predicted molar refractivity (Wildman–Crippen MR) is 105 cm³/mol. The number of carbonyl (C=O) groups is 3. The molecule has 2 aliphatic rings. The highest BCUT2D eigenvalue weighted by molar-refractivity contribution is 6.31. The molecule has 0 aromatic heterocycles. The van der Waals surface area contributed by atoms with Crippen molar-refractivity contribution in [2.45, 2.75) is 24.5 Å². The van der Waals surface area contributed by atoms with Gasteiger partial charge in [0, 0.05) is 36.6 Å². The Balaban J connectivity index is 2.01. The van der Waals surface area contributed by atoms with Gasteiger partial charge in [-0.3, -0.25) is 14.4 Å². The summed E-state index contributed by atoms with van der Waals surface area (Å²) in [6, 6.07) is 4.41. The van der Waals surface area contributed by atoms with Crippen molar-refractivity contribution in [1.82, 2.24) is 0 Å². The van der Waals surface area contributed by atoms with Gasteiger partial charge in [-0.2, -0.15) is 0 Å². The molecule has 0 fully saturated rings. The van der Waals surface area contributed by atoms with Crippen LogP contribution in [-0.2, 0) is 16.0 Å². The number of ketones is 3. The average Bonchev–Trinajstić information content (AvgIpc) is 2.77. The van der Waals surface area contributed by atoms with Gasteiger partial charge in [-0.05, 0) is 6.07 Å². The van der Waals surface area contributed by atoms with Gasteiger partial charge in [0.1, 0.15) is 29.5 Å². The summed E-state index contributed by atoms with van der Waals surface area (Å²) in [5, 5.41) is 42.0. The maximum Gasteiger partial charge on any atom is 0.202 e. The Morgan fingerprint density at radius 3 is 2.39 bits per heavy atom. The van der Waals surface area contributed by atoms with Crippen LogP contribution in [0.2, 0.25) is 0 Å². The molecule has 0 bridgehead atoms. The molecule has 31 heavy (non-hydrogen) atoms. The second kappa shape index (κ2) is 7.16. The molecule has 9 nitrogen and oxygen atoms in total. The molecule has 4 N–H and O–H groups in total. The van der Waals surface area contributed by atoms with Crippen LogP contribution in [0.5, 0.6) is 17.2 Å². The highest BCUT2D eigenvalue weighted by Crippen LogP contribution is 2.51. The first kappa shape index (κ1) is 21.0. The molecule has 0 spiro atoms. The quantitative estimate of drug-likeness (QED) is 0.443. The van der Waals surface area contributed by atoms with Gasteiger partial charge in [-0.25, -0.2) is 0 Å². The lowest BCUT2D eigenvalue weighted by molar-refractivity contribution is -0.149. The minimum absolute atomic E-state index is 0.00713. The Morgan fingerprint density at radius 1 is 1.10 bits per heavy atom. The summed E-state index contributed by atoms with van der Waals surface area (Å²) >= 11 is 0. The van der Waals surface area contributed by atoms with Crippen LogP contribution in [0.1, 0.15) is 55.5 Å². The lowest BCUT2D eigenvalue weighted by atomic mass is 9.72. The molecule has 2 aromatic carbocycles. The zero-order chi connectivity index (χ0) is 22.7. The van der Waals surface area contributed by atoms with Crippen LogP contribution >= 0.6 is 0 Å². The number of rotatable bonds is 4. The molecule has 9 heteroatoms. The number of Topliss-reactive ketones (excluding diaryl/α,β-unsaturated/α-hetero) is 1. The minimum Gasteiger partial charge on any atom is -0.507 e. The molecule has 2 aliphatic carbocycles. The number of fused-ring (bicyclic) bond motifs is 3. The maximum absolute atomic E-state index is 13.2. The fourth-order valence-electron chi connectivity index (χ4n) is 4.56. The van der Waals surface area contributed by atoms with Crippen molar-refractivity contribution in [3.05, 3.63) is 51.6 Å². The van der Waals surface area contributed by atoms with Gasteiger partial charge >= 0.3 is 0 Å². The third kappa shape index (κ3) is 2.71. The fraction of sp³-hybridized carbons (Fsp3) is 0.318. The Morgan fingerprint density at radius 2 is 1.77 bits per heavy atom. The topological polar surface area (TPSA) is 151 Å². The SMILES string of the molecule is COc1cccc2c1C(=O)c1c(O)c3c(c(O)c1C2=O)C[C@@](OC)(C(=O)CO)C[C@@H]3O. The van der Waals surface area contributed by atoms with Crippen molar-refractivity contribution in [3.63, 3.8) is 0 Å². The Labute approximate surface area is 176 Å². The van der Waals surface area contributed by atoms with E-state index in [1.807, 2.05) is 0 Å². The summed E-state index contributed by atoms with van der Waals surface area (Å²) in [6.45, 7) is -0.863. The fourth-order valence-corrected chi connectivity index (χ4v) is 4.56. The van der Waals surface area contributed by atoms with Gasteiger partial charge < -0.3 is 29.9 Å². The van der Waals surface area contributed by atoms with E-state index in [4.69, 9.17) is 9.47 Å². The van der Waals surface area contributed by atoms with E-state index in [1.165, 1.54) is 32.4 Å². The first-order chi connectivity index (χ1) is 14.7. The number of carbonyl (C=O) groups excluding carboxylic acids is 3. The predicted octanol–water partition coefficient (Wildman–Crippen LogP) is 0.808. The third-order valence-corrected chi connectivity index (χ3v) is 6.12. The molecule has 162 valence electrons. The molecular formula is C22H20O9. The number of hydrogen-bond donors (Lipinski definition) is 4. The Bertz CT molecular complexity index is 1150. The van der Waals surface area contributed by atoms with E-state index >= 15 is 0 Å². The number of aromatic hydroxyl groups is 2. The van der Waals surface area contributed by atoms with Gasteiger partial charge in [0.25, 0.3) is 0 Å². The number of hydrogen-bond acceptors (Lipinski definition) is 9. The summed E-state index contributed by atoms with van der Waals surface area (Å²) in [6.07, 6.45) is -2.13.